The molecule has 0 radical (unpaired) electrons. The summed E-state index contributed by atoms with van der Waals surface area (Å²) in [7, 11) is 0. The fourth-order valence-electron chi connectivity index (χ4n) is 5.04. The zero-order valence-corrected chi connectivity index (χ0v) is 18.2. The molecule has 2 aliphatic heterocycles. The maximum absolute atomic E-state index is 11.6. The summed E-state index contributed by atoms with van der Waals surface area (Å²) in [6.07, 6.45) is 1.85. The molecule has 3 aromatic carbocycles. The quantitative estimate of drug-likeness (QED) is 0.619. The number of aromatic carboxylic acids is 1. The van der Waals surface area contributed by atoms with Gasteiger partial charge >= 0.3 is 5.97 Å². The Bertz CT molecular complexity index is 1070. The van der Waals surface area contributed by atoms with Crippen LogP contribution in [-0.2, 0) is 13.0 Å². The minimum Gasteiger partial charge on any atom is -0.478 e. The van der Waals surface area contributed by atoms with Crippen LogP contribution in [0.15, 0.2) is 72.8 Å². The van der Waals surface area contributed by atoms with E-state index in [9.17, 15) is 9.90 Å². The van der Waals surface area contributed by atoms with Gasteiger partial charge in [0.1, 0.15) is 0 Å². The molecule has 2 aliphatic rings. The van der Waals surface area contributed by atoms with Crippen molar-refractivity contribution in [3.05, 3.63) is 89.5 Å². The molecule has 31 heavy (non-hydrogen) atoms. The van der Waals surface area contributed by atoms with Crippen LogP contribution in [-0.4, -0.2) is 41.7 Å². The van der Waals surface area contributed by atoms with Crippen LogP contribution in [0, 0.1) is 0 Å². The number of carboxylic acids is 1. The second kappa shape index (κ2) is 9.13. The number of hydrogen-bond acceptors (Lipinski definition) is 3. The number of benzene rings is 3. The van der Waals surface area contributed by atoms with Crippen molar-refractivity contribution in [2.45, 2.75) is 25.4 Å². The summed E-state index contributed by atoms with van der Waals surface area (Å²) in [4.78, 5) is 16.6. The smallest absolute Gasteiger partial charge is 0.336 e. The lowest BCUT2D eigenvalue weighted by Crippen LogP contribution is -2.54. The third kappa shape index (κ3) is 4.18. The Balaban J connectivity index is 0.00000231. The second-order valence-corrected chi connectivity index (χ2v) is 8.25. The molecule has 1 atom stereocenters. The summed E-state index contributed by atoms with van der Waals surface area (Å²) in [6.45, 7) is 3.88. The van der Waals surface area contributed by atoms with E-state index >= 15 is 0 Å². The number of anilines is 1. The van der Waals surface area contributed by atoms with Crippen molar-refractivity contribution in [3.63, 3.8) is 0 Å². The van der Waals surface area contributed by atoms with Gasteiger partial charge < -0.3 is 10.0 Å². The van der Waals surface area contributed by atoms with E-state index in [1.165, 1.54) is 16.7 Å². The number of nitrogens with zero attached hydrogens (tertiary/aromatic N) is 2. The SMILES string of the molecule is Cl.O=C(O)c1cccc2c1CC[C@H]1CN(Cc3ccccc3-c3ccccc3)CCN21. The normalized spacial score (nSPS) is 17.9. The average Bonchev–Trinajstić information content (AvgIpc) is 2.79. The monoisotopic (exact) mass is 434 g/mol. The van der Waals surface area contributed by atoms with E-state index in [0.717, 1.165) is 50.3 Å². The highest BCUT2D eigenvalue weighted by atomic mass is 35.5. The number of carbonyl (C=O) groups is 1. The van der Waals surface area contributed by atoms with Gasteiger partial charge in [0.15, 0.2) is 0 Å². The van der Waals surface area contributed by atoms with Gasteiger partial charge in [-0.25, -0.2) is 4.79 Å². The van der Waals surface area contributed by atoms with Crippen LogP contribution >= 0.6 is 12.4 Å². The molecule has 2 heterocycles. The van der Waals surface area contributed by atoms with Gasteiger partial charge in [0, 0.05) is 37.9 Å². The van der Waals surface area contributed by atoms with E-state index in [1.54, 1.807) is 6.07 Å². The van der Waals surface area contributed by atoms with Crippen LogP contribution in [0.2, 0.25) is 0 Å². The predicted molar refractivity (Wildman–Crippen MR) is 127 cm³/mol. The van der Waals surface area contributed by atoms with E-state index in [2.05, 4.69) is 70.5 Å². The molecule has 0 bridgehead atoms. The molecule has 1 fully saturated rings. The Morgan fingerprint density at radius 2 is 1.71 bits per heavy atom. The first-order valence-electron chi connectivity index (χ1n) is 10.7. The highest BCUT2D eigenvalue weighted by Crippen LogP contribution is 2.35. The first-order valence-corrected chi connectivity index (χ1v) is 10.7. The van der Waals surface area contributed by atoms with Gasteiger partial charge in [0.25, 0.3) is 0 Å². The highest BCUT2D eigenvalue weighted by molar-refractivity contribution is 5.91. The molecule has 0 spiro atoms. The van der Waals surface area contributed by atoms with Crippen molar-refractivity contribution in [1.29, 1.82) is 0 Å². The molecule has 1 N–H and O–H groups in total. The van der Waals surface area contributed by atoms with Gasteiger partial charge in [-0.3, -0.25) is 4.90 Å². The van der Waals surface area contributed by atoms with E-state index in [1.807, 2.05) is 6.07 Å². The Labute approximate surface area is 189 Å². The number of hydrogen-bond donors (Lipinski definition) is 1. The maximum Gasteiger partial charge on any atom is 0.336 e. The predicted octanol–water partition coefficient (Wildman–Crippen LogP) is 5.11. The minimum atomic E-state index is -0.818. The van der Waals surface area contributed by atoms with Crippen molar-refractivity contribution in [1.82, 2.24) is 4.90 Å². The molecular formula is C26H27ClN2O2. The number of fused-ring (bicyclic) bond motifs is 3. The van der Waals surface area contributed by atoms with E-state index < -0.39 is 5.97 Å². The van der Waals surface area contributed by atoms with Crippen LogP contribution in [0.4, 0.5) is 5.69 Å². The lowest BCUT2D eigenvalue weighted by Gasteiger charge is -2.46. The van der Waals surface area contributed by atoms with Gasteiger partial charge in [-0.2, -0.15) is 0 Å². The Kier molecular flexibility index (Phi) is 6.30. The molecule has 0 unspecified atom stereocenters. The van der Waals surface area contributed by atoms with E-state index in [0.29, 0.717) is 11.6 Å². The third-order valence-electron chi connectivity index (χ3n) is 6.48. The molecule has 0 saturated carbocycles. The minimum absolute atomic E-state index is 0. The van der Waals surface area contributed by atoms with E-state index in [-0.39, 0.29) is 12.4 Å². The number of halogens is 1. The van der Waals surface area contributed by atoms with Crippen LogP contribution in [0.25, 0.3) is 11.1 Å². The number of rotatable bonds is 4. The molecule has 0 aromatic heterocycles. The summed E-state index contributed by atoms with van der Waals surface area (Å²) in [6, 6.07) is 25.4. The molecule has 1 saturated heterocycles. The lowest BCUT2D eigenvalue weighted by atomic mass is 9.90. The largest absolute Gasteiger partial charge is 0.478 e. The number of carboxylic acid groups (broad SMARTS) is 1. The average molecular weight is 435 g/mol. The molecular weight excluding hydrogens is 408 g/mol. The Morgan fingerprint density at radius 1 is 0.935 bits per heavy atom. The summed E-state index contributed by atoms with van der Waals surface area (Å²) < 4.78 is 0. The fraction of sp³-hybridized carbons (Fsp3) is 0.269. The van der Waals surface area contributed by atoms with Gasteiger partial charge in [-0.15, -0.1) is 12.4 Å². The van der Waals surface area contributed by atoms with Gasteiger partial charge in [-0.05, 0) is 47.2 Å². The van der Waals surface area contributed by atoms with Gasteiger partial charge in [0.05, 0.1) is 5.56 Å². The van der Waals surface area contributed by atoms with Crippen LogP contribution < -0.4 is 4.90 Å². The van der Waals surface area contributed by atoms with Crippen molar-refractivity contribution >= 4 is 24.1 Å². The first-order chi connectivity index (χ1) is 14.7. The van der Waals surface area contributed by atoms with Gasteiger partial charge in [0.2, 0.25) is 0 Å². The number of piperazine rings is 1. The Hall–Kier alpha value is -2.82. The molecule has 3 aromatic rings. The molecule has 5 rings (SSSR count). The maximum atomic E-state index is 11.6. The second-order valence-electron chi connectivity index (χ2n) is 8.25. The Morgan fingerprint density at radius 3 is 2.52 bits per heavy atom. The zero-order valence-electron chi connectivity index (χ0n) is 17.4. The zero-order chi connectivity index (χ0) is 20.5. The van der Waals surface area contributed by atoms with Crippen molar-refractivity contribution < 1.29 is 9.90 Å². The summed E-state index contributed by atoms with van der Waals surface area (Å²) in [5.41, 5.74) is 6.52. The summed E-state index contributed by atoms with van der Waals surface area (Å²) in [5, 5.41) is 9.54. The topological polar surface area (TPSA) is 43.8 Å². The molecule has 160 valence electrons. The molecule has 5 heteroatoms. The van der Waals surface area contributed by atoms with Crippen LogP contribution in [0.5, 0.6) is 0 Å². The van der Waals surface area contributed by atoms with E-state index in [4.69, 9.17) is 0 Å². The first kappa shape index (κ1) is 21.4. The summed E-state index contributed by atoms with van der Waals surface area (Å²) >= 11 is 0. The van der Waals surface area contributed by atoms with Crippen molar-refractivity contribution in [2.24, 2.45) is 0 Å². The molecule has 4 nitrogen and oxygen atoms in total. The lowest BCUT2D eigenvalue weighted by molar-refractivity contribution is 0.0695. The fourth-order valence-corrected chi connectivity index (χ4v) is 5.04. The van der Waals surface area contributed by atoms with Gasteiger partial charge in [-0.1, -0.05) is 60.7 Å². The van der Waals surface area contributed by atoms with Crippen LogP contribution in [0.3, 0.4) is 0 Å². The highest BCUT2D eigenvalue weighted by Gasteiger charge is 2.33. The third-order valence-corrected chi connectivity index (χ3v) is 6.48. The standard InChI is InChI=1S/C26H26N2O2.ClH/c29-26(30)24-11-6-12-25-23(24)14-13-21-18-27(15-16-28(21)25)17-20-9-4-5-10-22(20)19-7-2-1-3-8-19;/h1-12,21H,13-18H2,(H,29,30);1H/t21-;/m0./s1. The van der Waals surface area contributed by atoms with Crippen molar-refractivity contribution in [2.75, 3.05) is 24.5 Å². The molecule has 0 amide bonds. The van der Waals surface area contributed by atoms with Crippen LogP contribution in [0.1, 0.15) is 27.9 Å². The summed E-state index contributed by atoms with van der Waals surface area (Å²) in [5.74, 6) is -0.818. The molecule has 0 aliphatic carbocycles. The van der Waals surface area contributed by atoms with Crippen molar-refractivity contribution in [3.8, 4) is 11.1 Å².